The van der Waals surface area contributed by atoms with Crippen LogP contribution in [0.4, 0.5) is 5.82 Å². The van der Waals surface area contributed by atoms with Crippen LogP contribution in [0.2, 0.25) is 0 Å². The zero-order valence-corrected chi connectivity index (χ0v) is 13.6. The van der Waals surface area contributed by atoms with Gasteiger partial charge in [-0.25, -0.2) is 9.97 Å². The molecular formula is C18H17N3OS. The van der Waals surface area contributed by atoms with Crippen LogP contribution in [0.3, 0.4) is 0 Å². The van der Waals surface area contributed by atoms with E-state index in [0.717, 1.165) is 24.5 Å². The fraction of sp³-hybridized carbons (Fsp3) is 0.222. The van der Waals surface area contributed by atoms with Crippen molar-refractivity contribution in [1.29, 1.82) is 0 Å². The summed E-state index contributed by atoms with van der Waals surface area (Å²) in [5, 5.41) is 7.74. The van der Waals surface area contributed by atoms with E-state index in [0.29, 0.717) is 11.8 Å². The van der Waals surface area contributed by atoms with Gasteiger partial charge in [0.05, 0.1) is 7.11 Å². The first-order valence-electron chi connectivity index (χ1n) is 7.60. The van der Waals surface area contributed by atoms with Gasteiger partial charge in [-0.2, -0.15) is 11.3 Å². The molecule has 3 aromatic rings. The summed E-state index contributed by atoms with van der Waals surface area (Å²) in [4.78, 5) is 9.05. The van der Waals surface area contributed by atoms with E-state index in [4.69, 9.17) is 4.74 Å². The normalized spacial score (nSPS) is 16.0. The molecule has 1 aliphatic heterocycles. The van der Waals surface area contributed by atoms with E-state index in [9.17, 15) is 0 Å². The highest BCUT2D eigenvalue weighted by Crippen LogP contribution is 2.39. The number of fused-ring (bicyclic) bond motifs is 1. The first-order valence-corrected chi connectivity index (χ1v) is 8.54. The van der Waals surface area contributed by atoms with Crippen molar-refractivity contribution in [3.8, 4) is 17.0 Å². The van der Waals surface area contributed by atoms with Crippen LogP contribution in [0.1, 0.15) is 17.2 Å². The number of anilines is 1. The van der Waals surface area contributed by atoms with E-state index < -0.39 is 0 Å². The molecule has 1 atom stereocenters. The number of hydrogen-bond donors (Lipinski definition) is 1. The molecule has 4 rings (SSSR count). The Bertz CT molecular complexity index is 817. The average Bonchev–Trinajstić information content (AvgIpc) is 3.25. The monoisotopic (exact) mass is 323 g/mol. The average molecular weight is 323 g/mol. The first-order chi connectivity index (χ1) is 11.3. The number of ether oxygens (including phenoxy) is 1. The summed E-state index contributed by atoms with van der Waals surface area (Å²) in [7, 11) is 1.65. The number of pyridine rings is 2. The summed E-state index contributed by atoms with van der Waals surface area (Å²) < 4.78 is 5.23. The molecule has 1 unspecified atom stereocenters. The molecule has 4 nitrogen and oxygen atoms in total. The minimum absolute atomic E-state index is 0.369. The van der Waals surface area contributed by atoms with Crippen molar-refractivity contribution >= 4 is 17.2 Å². The second-order valence-corrected chi connectivity index (χ2v) is 6.37. The van der Waals surface area contributed by atoms with Crippen molar-refractivity contribution in [2.75, 3.05) is 19.0 Å². The van der Waals surface area contributed by atoms with Gasteiger partial charge >= 0.3 is 0 Å². The molecule has 3 aromatic heterocycles. The highest BCUT2D eigenvalue weighted by Gasteiger charge is 2.27. The van der Waals surface area contributed by atoms with Crippen molar-refractivity contribution in [2.45, 2.75) is 12.3 Å². The van der Waals surface area contributed by atoms with Crippen LogP contribution in [0.15, 0.2) is 47.3 Å². The summed E-state index contributed by atoms with van der Waals surface area (Å²) in [5.41, 5.74) is 4.88. The first kappa shape index (κ1) is 14.2. The van der Waals surface area contributed by atoms with Crippen molar-refractivity contribution in [1.82, 2.24) is 9.97 Å². The SMILES string of the molecule is COc1cccc(CC2CNc3nccc(-c4ccsc4)c32)n1. The Morgan fingerprint density at radius 2 is 2.26 bits per heavy atom. The van der Waals surface area contributed by atoms with Gasteiger partial charge in [0, 0.05) is 36.0 Å². The second-order valence-electron chi connectivity index (χ2n) is 5.59. The minimum Gasteiger partial charge on any atom is -0.481 e. The van der Waals surface area contributed by atoms with Gasteiger partial charge in [-0.15, -0.1) is 0 Å². The van der Waals surface area contributed by atoms with Crippen LogP contribution in [0.5, 0.6) is 5.88 Å². The largest absolute Gasteiger partial charge is 0.481 e. The quantitative estimate of drug-likeness (QED) is 0.789. The predicted molar refractivity (Wildman–Crippen MR) is 93.3 cm³/mol. The number of rotatable bonds is 4. The lowest BCUT2D eigenvalue weighted by atomic mass is 9.91. The maximum absolute atomic E-state index is 5.23. The molecule has 0 aliphatic carbocycles. The van der Waals surface area contributed by atoms with E-state index in [1.807, 2.05) is 18.3 Å². The highest BCUT2D eigenvalue weighted by atomic mass is 32.1. The number of hydrogen-bond acceptors (Lipinski definition) is 5. The molecule has 0 aromatic carbocycles. The zero-order valence-electron chi connectivity index (χ0n) is 12.8. The summed E-state index contributed by atoms with van der Waals surface area (Å²) in [6, 6.07) is 10.2. The van der Waals surface area contributed by atoms with Gasteiger partial charge < -0.3 is 10.1 Å². The van der Waals surface area contributed by atoms with Crippen molar-refractivity contribution < 1.29 is 4.74 Å². The molecule has 0 saturated carbocycles. The third-order valence-electron chi connectivity index (χ3n) is 4.19. The number of methoxy groups -OCH3 is 1. The number of thiophene rings is 1. The van der Waals surface area contributed by atoms with Crippen LogP contribution in [-0.4, -0.2) is 23.6 Å². The fourth-order valence-corrected chi connectivity index (χ4v) is 3.79. The molecule has 0 radical (unpaired) electrons. The molecule has 0 spiro atoms. The van der Waals surface area contributed by atoms with Crippen LogP contribution >= 0.6 is 11.3 Å². The van der Waals surface area contributed by atoms with Crippen LogP contribution < -0.4 is 10.1 Å². The van der Waals surface area contributed by atoms with Gasteiger partial charge in [0.25, 0.3) is 0 Å². The molecule has 23 heavy (non-hydrogen) atoms. The second kappa shape index (κ2) is 6.01. The Morgan fingerprint density at radius 3 is 3.09 bits per heavy atom. The van der Waals surface area contributed by atoms with Gasteiger partial charge in [-0.3, -0.25) is 0 Å². The third-order valence-corrected chi connectivity index (χ3v) is 4.88. The van der Waals surface area contributed by atoms with Gasteiger partial charge in [0.15, 0.2) is 0 Å². The Hall–Kier alpha value is -2.40. The molecular weight excluding hydrogens is 306 g/mol. The van der Waals surface area contributed by atoms with Gasteiger partial charge in [0.2, 0.25) is 5.88 Å². The number of aromatic nitrogens is 2. The summed E-state index contributed by atoms with van der Waals surface area (Å²) in [5.74, 6) is 2.03. The topological polar surface area (TPSA) is 47.0 Å². The van der Waals surface area contributed by atoms with Crippen molar-refractivity contribution in [3.63, 3.8) is 0 Å². The molecule has 0 saturated heterocycles. The maximum Gasteiger partial charge on any atom is 0.213 e. The van der Waals surface area contributed by atoms with E-state index in [1.54, 1.807) is 18.4 Å². The van der Waals surface area contributed by atoms with Gasteiger partial charge in [-0.05, 0) is 46.5 Å². The van der Waals surface area contributed by atoms with E-state index >= 15 is 0 Å². The van der Waals surface area contributed by atoms with Gasteiger partial charge in [-0.1, -0.05) is 6.07 Å². The maximum atomic E-state index is 5.23. The predicted octanol–water partition coefficient (Wildman–Crippen LogP) is 3.97. The van der Waals surface area contributed by atoms with E-state index in [-0.39, 0.29) is 0 Å². The van der Waals surface area contributed by atoms with Gasteiger partial charge in [0.1, 0.15) is 5.82 Å². The number of nitrogens with one attached hydrogen (secondary N) is 1. The minimum atomic E-state index is 0.369. The van der Waals surface area contributed by atoms with Crippen molar-refractivity contribution in [2.24, 2.45) is 0 Å². The summed E-state index contributed by atoms with van der Waals surface area (Å²) in [6.45, 7) is 0.891. The molecule has 0 fully saturated rings. The molecule has 0 bridgehead atoms. The Kier molecular flexibility index (Phi) is 3.71. The lowest BCUT2D eigenvalue weighted by Gasteiger charge is -2.13. The van der Waals surface area contributed by atoms with Crippen molar-refractivity contribution in [3.05, 3.63) is 58.5 Å². The zero-order chi connectivity index (χ0) is 15.6. The molecule has 5 heteroatoms. The van der Waals surface area contributed by atoms with E-state index in [2.05, 4.69) is 44.2 Å². The molecule has 1 N–H and O–H groups in total. The Balaban J connectivity index is 1.69. The molecule has 0 amide bonds. The molecule has 4 heterocycles. The smallest absolute Gasteiger partial charge is 0.213 e. The summed E-state index contributed by atoms with van der Waals surface area (Å²) in [6.07, 6.45) is 2.75. The molecule has 116 valence electrons. The molecule has 1 aliphatic rings. The van der Waals surface area contributed by atoms with Crippen LogP contribution in [-0.2, 0) is 6.42 Å². The van der Waals surface area contributed by atoms with E-state index in [1.165, 1.54) is 16.7 Å². The highest BCUT2D eigenvalue weighted by molar-refractivity contribution is 7.08. The Morgan fingerprint density at radius 1 is 1.30 bits per heavy atom. The summed E-state index contributed by atoms with van der Waals surface area (Å²) >= 11 is 1.72. The van der Waals surface area contributed by atoms with Crippen LogP contribution in [0, 0.1) is 0 Å². The standard InChI is InChI=1S/C18H17N3OS/c1-22-16-4-2-3-14(21-16)9-13-10-20-18-17(13)15(5-7-19-18)12-6-8-23-11-12/h2-8,11,13H,9-10H2,1H3,(H,19,20). The number of nitrogens with zero attached hydrogens (tertiary/aromatic N) is 2. The Labute approximate surface area is 139 Å². The van der Waals surface area contributed by atoms with Crippen LogP contribution in [0.25, 0.3) is 11.1 Å². The lowest BCUT2D eigenvalue weighted by Crippen LogP contribution is -2.07. The lowest BCUT2D eigenvalue weighted by molar-refractivity contribution is 0.396. The third kappa shape index (κ3) is 2.68. The fourth-order valence-electron chi connectivity index (χ4n) is 3.13.